The molecule has 2 aromatic rings. The van der Waals surface area contributed by atoms with E-state index in [9.17, 15) is 17.6 Å². The molecule has 1 aliphatic rings. The average molecular weight is 441 g/mol. The maximum absolute atomic E-state index is 13.3. The largest absolute Gasteiger partial charge is 0.492 e. The molecule has 9 heteroatoms. The van der Waals surface area contributed by atoms with E-state index in [1.54, 1.807) is 0 Å². The highest BCUT2D eigenvalue weighted by atomic mass is 35.5. The lowest BCUT2D eigenvalue weighted by molar-refractivity contribution is -0.126. The zero-order chi connectivity index (χ0) is 20.9. The molecule has 156 valence electrons. The summed E-state index contributed by atoms with van der Waals surface area (Å²) in [6, 6.07) is 12.7. The van der Waals surface area contributed by atoms with E-state index in [4.69, 9.17) is 16.3 Å². The van der Waals surface area contributed by atoms with Crippen molar-refractivity contribution in [1.82, 2.24) is 9.62 Å². The number of sulfonamides is 1. The number of nitrogens with zero attached hydrogens (tertiary/aromatic N) is 1. The first kappa shape index (κ1) is 21.5. The van der Waals surface area contributed by atoms with Gasteiger partial charge >= 0.3 is 0 Å². The van der Waals surface area contributed by atoms with Crippen molar-refractivity contribution in [2.45, 2.75) is 17.7 Å². The molecule has 6 nitrogen and oxygen atoms in total. The fourth-order valence-electron chi connectivity index (χ4n) is 3.15. The highest BCUT2D eigenvalue weighted by Gasteiger charge is 2.32. The van der Waals surface area contributed by atoms with Crippen molar-refractivity contribution >= 4 is 27.5 Å². The van der Waals surface area contributed by atoms with Crippen LogP contribution in [0.1, 0.15) is 12.8 Å². The zero-order valence-electron chi connectivity index (χ0n) is 15.7. The van der Waals surface area contributed by atoms with Crippen LogP contribution < -0.4 is 10.1 Å². The molecule has 1 heterocycles. The molecule has 1 N–H and O–H groups in total. The van der Waals surface area contributed by atoms with Gasteiger partial charge < -0.3 is 10.1 Å². The summed E-state index contributed by atoms with van der Waals surface area (Å²) in [4.78, 5) is 12.3. The van der Waals surface area contributed by atoms with Crippen molar-refractivity contribution < 1.29 is 22.3 Å². The SMILES string of the molecule is O=C(NCCOc1ccccc1)C1CCN(S(=O)(=O)c2ccc(F)c(Cl)c2)CC1. The van der Waals surface area contributed by atoms with E-state index in [0.29, 0.717) is 26.0 Å². The molecule has 2 aromatic carbocycles. The van der Waals surface area contributed by atoms with Gasteiger partial charge in [0.15, 0.2) is 0 Å². The van der Waals surface area contributed by atoms with E-state index in [1.807, 2.05) is 30.3 Å². The van der Waals surface area contributed by atoms with Crippen molar-refractivity contribution in [2.24, 2.45) is 5.92 Å². The summed E-state index contributed by atoms with van der Waals surface area (Å²) >= 11 is 5.70. The Morgan fingerprint density at radius 3 is 2.52 bits per heavy atom. The molecule has 0 atom stereocenters. The van der Waals surface area contributed by atoms with Crippen molar-refractivity contribution in [3.63, 3.8) is 0 Å². The number of nitrogens with one attached hydrogen (secondary N) is 1. The van der Waals surface area contributed by atoms with Gasteiger partial charge in [-0.05, 0) is 43.2 Å². The van der Waals surface area contributed by atoms with Crippen LogP contribution in [0, 0.1) is 11.7 Å². The molecule has 0 unspecified atom stereocenters. The van der Waals surface area contributed by atoms with Crippen LogP contribution in [-0.2, 0) is 14.8 Å². The number of hydrogen-bond donors (Lipinski definition) is 1. The Kier molecular flexibility index (Phi) is 7.10. The van der Waals surface area contributed by atoms with Gasteiger partial charge in [-0.15, -0.1) is 0 Å². The van der Waals surface area contributed by atoms with Gasteiger partial charge in [-0.25, -0.2) is 12.8 Å². The number of piperidine rings is 1. The molecular weight excluding hydrogens is 419 g/mol. The summed E-state index contributed by atoms with van der Waals surface area (Å²) in [5.74, 6) is -0.295. The monoisotopic (exact) mass is 440 g/mol. The van der Waals surface area contributed by atoms with Crippen LogP contribution in [0.5, 0.6) is 5.75 Å². The summed E-state index contributed by atoms with van der Waals surface area (Å²) in [7, 11) is -3.77. The van der Waals surface area contributed by atoms with Gasteiger partial charge in [-0.2, -0.15) is 4.31 Å². The van der Waals surface area contributed by atoms with Crippen molar-refractivity contribution in [3.05, 3.63) is 59.4 Å². The summed E-state index contributed by atoms with van der Waals surface area (Å²) in [6.45, 7) is 1.17. The van der Waals surface area contributed by atoms with Crippen LogP contribution in [0.2, 0.25) is 5.02 Å². The fourth-order valence-corrected chi connectivity index (χ4v) is 4.89. The molecule has 1 amide bonds. The van der Waals surface area contributed by atoms with E-state index >= 15 is 0 Å². The van der Waals surface area contributed by atoms with Gasteiger partial charge in [-0.1, -0.05) is 29.8 Å². The number of rotatable bonds is 7. The second kappa shape index (κ2) is 9.56. The summed E-state index contributed by atoms with van der Waals surface area (Å²) in [5.41, 5.74) is 0. The Labute approximate surface area is 174 Å². The number of carbonyl (C=O) groups is 1. The second-order valence-electron chi connectivity index (χ2n) is 6.71. The third-order valence-electron chi connectivity index (χ3n) is 4.77. The molecule has 1 fully saturated rings. The summed E-state index contributed by atoms with van der Waals surface area (Å²) < 4.78 is 45.5. The molecule has 0 aliphatic carbocycles. The number of para-hydroxylation sites is 1. The molecular formula is C20H22ClFN2O4S. The minimum atomic E-state index is -3.77. The van der Waals surface area contributed by atoms with Crippen molar-refractivity contribution in [2.75, 3.05) is 26.2 Å². The topological polar surface area (TPSA) is 75.7 Å². The summed E-state index contributed by atoms with van der Waals surface area (Å²) in [6.07, 6.45) is 0.832. The van der Waals surface area contributed by atoms with Gasteiger partial charge in [0.1, 0.15) is 18.2 Å². The van der Waals surface area contributed by atoms with Gasteiger partial charge in [0.05, 0.1) is 16.5 Å². The van der Waals surface area contributed by atoms with E-state index in [2.05, 4.69) is 5.32 Å². The minimum Gasteiger partial charge on any atom is -0.492 e. The molecule has 1 saturated heterocycles. The van der Waals surface area contributed by atoms with E-state index < -0.39 is 15.8 Å². The number of amides is 1. The Morgan fingerprint density at radius 2 is 1.86 bits per heavy atom. The van der Waals surface area contributed by atoms with Gasteiger partial charge in [0.25, 0.3) is 0 Å². The Morgan fingerprint density at radius 1 is 1.17 bits per heavy atom. The first-order chi connectivity index (χ1) is 13.9. The zero-order valence-corrected chi connectivity index (χ0v) is 17.3. The van der Waals surface area contributed by atoms with Crippen molar-refractivity contribution in [1.29, 1.82) is 0 Å². The third kappa shape index (κ3) is 5.46. The van der Waals surface area contributed by atoms with Crippen molar-refractivity contribution in [3.8, 4) is 5.75 Å². The molecule has 0 spiro atoms. The molecule has 29 heavy (non-hydrogen) atoms. The first-order valence-corrected chi connectivity index (χ1v) is 11.1. The van der Waals surface area contributed by atoms with E-state index in [-0.39, 0.29) is 34.8 Å². The maximum atomic E-state index is 13.3. The number of halogens is 2. The maximum Gasteiger partial charge on any atom is 0.243 e. The predicted octanol–water partition coefficient (Wildman–Crippen LogP) is 3.08. The Hall–Kier alpha value is -2.16. The highest BCUT2D eigenvalue weighted by Crippen LogP contribution is 2.26. The number of benzene rings is 2. The van der Waals surface area contributed by atoms with E-state index in [0.717, 1.165) is 17.9 Å². The molecule has 0 aromatic heterocycles. The van der Waals surface area contributed by atoms with Gasteiger partial charge in [0, 0.05) is 19.0 Å². The second-order valence-corrected chi connectivity index (χ2v) is 9.05. The van der Waals surface area contributed by atoms with Gasteiger partial charge in [-0.3, -0.25) is 4.79 Å². The van der Waals surface area contributed by atoms with Crippen LogP contribution in [-0.4, -0.2) is 44.9 Å². The summed E-state index contributed by atoms with van der Waals surface area (Å²) in [5, 5.41) is 2.59. The quantitative estimate of drug-likeness (QED) is 0.671. The lowest BCUT2D eigenvalue weighted by atomic mass is 9.97. The molecule has 0 radical (unpaired) electrons. The molecule has 0 saturated carbocycles. The smallest absolute Gasteiger partial charge is 0.243 e. The predicted molar refractivity (Wildman–Crippen MR) is 108 cm³/mol. The molecule has 3 rings (SSSR count). The number of ether oxygens (including phenoxy) is 1. The Balaban J connectivity index is 1.46. The molecule has 1 aliphatic heterocycles. The van der Waals surface area contributed by atoms with Crippen LogP contribution in [0.4, 0.5) is 4.39 Å². The van der Waals surface area contributed by atoms with Crippen LogP contribution in [0.15, 0.2) is 53.4 Å². The van der Waals surface area contributed by atoms with Crippen LogP contribution >= 0.6 is 11.6 Å². The number of hydrogen-bond acceptors (Lipinski definition) is 4. The van der Waals surface area contributed by atoms with Gasteiger partial charge in [0.2, 0.25) is 15.9 Å². The highest BCUT2D eigenvalue weighted by molar-refractivity contribution is 7.89. The minimum absolute atomic E-state index is 0.0511. The first-order valence-electron chi connectivity index (χ1n) is 9.28. The lowest BCUT2D eigenvalue weighted by Crippen LogP contribution is -2.43. The normalized spacial score (nSPS) is 15.8. The standard InChI is InChI=1S/C20H22ClFN2O4S/c21-18-14-17(6-7-19(18)22)29(26,27)24-11-8-15(9-12-24)20(25)23-10-13-28-16-4-2-1-3-5-16/h1-7,14-15H,8-13H2,(H,23,25). The van der Waals surface area contributed by atoms with Crippen LogP contribution in [0.3, 0.4) is 0 Å². The number of carbonyl (C=O) groups excluding carboxylic acids is 1. The van der Waals surface area contributed by atoms with Crippen LogP contribution in [0.25, 0.3) is 0 Å². The fraction of sp³-hybridized carbons (Fsp3) is 0.350. The molecule has 0 bridgehead atoms. The third-order valence-corrected chi connectivity index (χ3v) is 6.95. The average Bonchev–Trinajstić information content (AvgIpc) is 2.74. The van der Waals surface area contributed by atoms with E-state index in [1.165, 1.54) is 10.4 Å². The lowest BCUT2D eigenvalue weighted by Gasteiger charge is -2.30. The Bertz CT molecular complexity index is 948.